The fourth-order valence-electron chi connectivity index (χ4n) is 1.46. The quantitative estimate of drug-likeness (QED) is 0.489. The van der Waals surface area contributed by atoms with Crippen LogP contribution in [-0.2, 0) is 9.31 Å². The molecule has 1 rings (SSSR count). The third kappa shape index (κ3) is 5.42. The summed E-state index contributed by atoms with van der Waals surface area (Å²) in [5.74, 6) is 0.892. The van der Waals surface area contributed by atoms with Crippen molar-refractivity contribution in [2.45, 2.75) is 46.5 Å². The summed E-state index contributed by atoms with van der Waals surface area (Å²) in [5, 5.41) is 0. The van der Waals surface area contributed by atoms with Crippen molar-refractivity contribution in [1.82, 2.24) is 0 Å². The van der Waals surface area contributed by atoms with Crippen molar-refractivity contribution in [3.63, 3.8) is 0 Å². The fraction of sp³-hybridized carbons (Fsp3) is 0.692. The molecule has 4 heteroatoms. The number of unbranched alkanes of at least 4 members (excludes halogenated alkanes) is 2. The van der Waals surface area contributed by atoms with E-state index in [1.54, 1.807) is 0 Å². The number of hydrogen-bond donors (Lipinski definition) is 0. The molecule has 0 saturated carbocycles. The van der Waals surface area contributed by atoms with Crippen LogP contribution >= 0.6 is 0 Å². The summed E-state index contributed by atoms with van der Waals surface area (Å²) >= 11 is 0. The molecule has 0 radical (unpaired) electrons. The Morgan fingerprint density at radius 3 is 2.06 bits per heavy atom. The van der Waals surface area contributed by atoms with Crippen LogP contribution in [0.2, 0.25) is 0 Å². The molecule has 0 amide bonds. The van der Waals surface area contributed by atoms with Crippen molar-refractivity contribution in [3.05, 3.63) is 17.9 Å². The molecule has 0 aromatic carbocycles. The van der Waals surface area contributed by atoms with Gasteiger partial charge in [0.15, 0.2) is 0 Å². The highest BCUT2D eigenvalue weighted by atomic mass is 16.6. The molecule has 1 aromatic heterocycles. The maximum atomic E-state index is 5.71. The zero-order valence-electron chi connectivity index (χ0n) is 11.2. The first kappa shape index (κ1) is 14.3. The molecular formula is C13H23BO3. The van der Waals surface area contributed by atoms with Crippen LogP contribution in [0.3, 0.4) is 0 Å². The molecule has 3 nitrogen and oxygen atoms in total. The molecule has 0 bridgehead atoms. The highest BCUT2D eigenvalue weighted by molar-refractivity contribution is 6.59. The van der Waals surface area contributed by atoms with Crippen LogP contribution in [0.4, 0.5) is 0 Å². The van der Waals surface area contributed by atoms with Gasteiger partial charge < -0.3 is 13.7 Å². The van der Waals surface area contributed by atoms with Gasteiger partial charge in [-0.1, -0.05) is 26.7 Å². The van der Waals surface area contributed by atoms with E-state index in [2.05, 4.69) is 13.8 Å². The minimum absolute atomic E-state index is 0.346. The van der Waals surface area contributed by atoms with Crippen molar-refractivity contribution in [2.75, 3.05) is 13.2 Å². The average molecular weight is 238 g/mol. The van der Waals surface area contributed by atoms with Gasteiger partial charge >= 0.3 is 7.12 Å². The van der Waals surface area contributed by atoms with Gasteiger partial charge in [-0.25, -0.2) is 0 Å². The van der Waals surface area contributed by atoms with E-state index < -0.39 is 0 Å². The van der Waals surface area contributed by atoms with Crippen molar-refractivity contribution in [2.24, 2.45) is 0 Å². The molecular weight excluding hydrogens is 215 g/mol. The van der Waals surface area contributed by atoms with Gasteiger partial charge in [0, 0.05) is 13.2 Å². The predicted octanol–water partition coefficient (Wildman–Crippen LogP) is 2.92. The third-order valence-electron chi connectivity index (χ3n) is 2.53. The second-order valence-electron chi connectivity index (χ2n) is 4.23. The monoisotopic (exact) mass is 238 g/mol. The third-order valence-corrected chi connectivity index (χ3v) is 2.53. The lowest BCUT2D eigenvalue weighted by Crippen LogP contribution is -2.36. The normalized spacial score (nSPS) is 10.8. The van der Waals surface area contributed by atoms with Gasteiger partial charge in [-0.3, -0.25) is 0 Å². The standard InChI is InChI=1S/C13H23BO3/c1-4-6-10-15-14(16-11-7-5-2)13-9-8-12(3)17-13/h8-9H,4-7,10-11H2,1-3H3. The molecule has 0 unspecified atom stereocenters. The minimum atomic E-state index is -0.346. The van der Waals surface area contributed by atoms with Crippen LogP contribution in [0, 0.1) is 6.92 Å². The molecule has 1 heterocycles. The van der Waals surface area contributed by atoms with Crippen LogP contribution in [0.25, 0.3) is 0 Å². The highest BCUT2D eigenvalue weighted by Gasteiger charge is 2.24. The molecule has 0 spiro atoms. The smallest absolute Gasteiger partial charge is 0.470 e. The van der Waals surface area contributed by atoms with E-state index in [9.17, 15) is 0 Å². The van der Waals surface area contributed by atoms with Gasteiger partial charge in [-0.05, 0) is 31.9 Å². The molecule has 96 valence electrons. The van der Waals surface area contributed by atoms with Gasteiger partial charge in [0.05, 0.1) is 5.76 Å². The summed E-state index contributed by atoms with van der Waals surface area (Å²) < 4.78 is 17.0. The highest BCUT2D eigenvalue weighted by Crippen LogP contribution is 2.02. The maximum absolute atomic E-state index is 5.71. The van der Waals surface area contributed by atoms with E-state index in [1.807, 2.05) is 19.1 Å². The van der Waals surface area contributed by atoms with Gasteiger partial charge in [0.2, 0.25) is 0 Å². The number of aryl methyl sites for hydroxylation is 1. The first-order valence-corrected chi connectivity index (χ1v) is 6.57. The van der Waals surface area contributed by atoms with Crippen LogP contribution in [0.5, 0.6) is 0 Å². The van der Waals surface area contributed by atoms with Crippen molar-refractivity contribution in [3.8, 4) is 0 Å². The Kier molecular flexibility index (Phi) is 7.05. The van der Waals surface area contributed by atoms with Crippen LogP contribution < -0.4 is 5.66 Å². The second-order valence-corrected chi connectivity index (χ2v) is 4.23. The van der Waals surface area contributed by atoms with E-state index >= 15 is 0 Å². The lowest BCUT2D eigenvalue weighted by atomic mass is 9.86. The zero-order chi connectivity index (χ0) is 12.5. The van der Waals surface area contributed by atoms with Crippen LogP contribution in [-0.4, -0.2) is 20.3 Å². The maximum Gasteiger partial charge on any atom is 0.531 e. The van der Waals surface area contributed by atoms with Gasteiger partial charge in [-0.15, -0.1) is 0 Å². The molecule has 0 N–H and O–H groups in total. The van der Waals surface area contributed by atoms with Crippen LogP contribution in [0.15, 0.2) is 16.5 Å². The lowest BCUT2D eigenvalue weighted by Gasteiger charge is -2.12. The molecule has 0 fully saturated rings. The molecule has 0 saturated heterocycles. The largest absolute Gasteiger partial charge is 0.531 e. The molecule has 17 heavy (non-hydrogen) atoms. The van der Waals surface area contributed by atoms with E-state index in [1.165, 1.54) is 0 Å². The molecule has 0 aliphatic carbocycles. The summed E-state index contributed by atoms with van der Waals surface area (Å²) in [6.45, 7) is 7.65. The second kappa shape index (κ2) is 8.37. The van der Waals surface area contributed by atoms with Gasteiger partial charge in [-0.2, -0.15) is 0 Å². The van der Waals surface area contributed by atoms with Crippen LogP contribution in [0.1, 0.15) is 45.3 Å². The summed E-state index contributed by atoms with van der Waals surface area (Å²) in [6.07, 6.45) is 4.35. The van der Waals surface area contributed by atoms with Gasteiger partial charge in [0.1, 0.15) is 5.66 Å². The summed E-state index contributed by atoms with van der Waals surface area (Å²) in [7, 11) is -0.346. The van der Waals surface area contributed by atoms with Crippen molar-refractivity contribution in [1.29, 1.82) is 0 Å². The number of furan rings is 1. The Labute approximate surface area is 105 Å². The Balaban J connectivity index is 2.46. The average Bonchev–Trinajstić information content (AvgIpc) is 2.74. The first-order chi connectivity index (χ1) is 8.27. The molecule has 1 aromatic rings. The lowest BCUT2D eigenvalue weighted by molar-refractivity contribution is 0.197. The first-order valence-electron chi connectivity index (χ1n) is 6.57. The Morgan fingerprint density at radius 2 is 1.65 bits per heavy atom. The van der Waals surface area contributed by atoms with E-state index in [-0.39, 0.29) is 7.12 Å². The van der Waals surface area contributed by atoms with Crippen molar-refractivity contribution >= 4 is 12.8 Å². The Morgan fingerprint density at radius 1 is 1.06 bits per heavy atom. The number of rotatable bonds is 9. The topological polar surface area (TPSA) is 31.6 Å². The van der Waals surface area contributed by atoms with Gasteiger partial charge in [0.25, 0.3) is 0 Å². The fourth-order valence-corrected chi connectivity index (χ4v) is 1.46. The van der Waals surface area contributed by atoms with Crippen molar-refractivity contribution < 1.29 is 13.7 Å². The van der Waals surface area contributed by atoms with E-state index in [4.69, 9.17) is 13.7 Å². The number of hydrogen-bond acceptors (Lipinski definition) is 3. The SMILES string of the molecule is CCCCOB(OCCCC)c1ccc(C)o1. The molecule has 0 atom stereocenters. The summed E-state index contributed by atoms with van der Waals surface area (Å²) in [6, 6.07) is 3.87. The Hall–Kier alpha value is -0.735. The molecule has 0 aliphatic heterocycles. The Bertz CT molecular complexity index is 289. The minimum Gasteiger partial charge on any atom is -0.470 e. The summed E-state index contributed by atoms with van der Waals surface area (Å²) in [4.78, 5) is 0. The van der Waals surface area contributed by atoms with E-state index in [0.717, 1.165) is 37.1 Å². The predicted molar refractivity (Wildman–Crippen MR) is 70.6 cm³/mol. The summed E-state index contributed by atoms with van der Waals surface area (Å²) in [5.41, 5.74) is 0.773. The molecule has 0 aliphatic rings. The zero-order valence-corrected chi connectivity index (χ0v) is 11.2. The van der Waals surface area contributed by atoms with E-state index in [0.29, 0.717) is 13.2 Å².